The maximum Gasteiger partial charge on any atom is 0.343 e. The summed E-state index contributed by atoms with van der Waals surface area (Å²) in [5, 5.41) is 3.75. The van der Waals surface area contributed by atoms with Crippen LogP contribution in [0.1, 0.15) is 23.0 Å². The third-order valence-electron chi connectivity index (χ3n) is 2.02. The van der Waals surface area contributed by atoms with E-state index < -0.39 is 10.8 Å². The minimum atomic E-state index is -0.848. The first-order chi connectivity index (χ1) is 8.06. The molecule has 0 amide bonds. The first kappa shape index (κ1) is 14.1. The summed E-state index contributed by atoms with van der Waals surface area (Å²) in [7, 11) is -0.848. The summed E-state index contributed by atoms with van der Waals surface area (Å²) in [6, 6.07) is 0. The molecule has 5 nitrogen and oxygen atoms in total. The van der Waals surface area contributed by atoms with Gasteiger partial charge in [0, 0.05) is 29.4 Å². The molecule has 1 aromatic rings. The van der Waals surface area contributed by atoms with Crippen LogP contribution in [0.15, 0.2) is 0 Å². The number of aryl methyl sites for hydroxylation is 1. The fourth-order valence-corrected chi connectivity index (χ4v) is 2.44. The number of rotatable bonds is 6. The van der Waals surface area contributed by atoms with Gasteiger partial charge in [-0.1, -0.05) is 0 Å². The Hall–Kier alpha value is -0.950. The van der Waals surface area contributed by atoms with Crippen molar-refractivity contribution in [2.45, 2.75) is 13.8 Å². The predicted molar refractivity (Wildman–Crippen MR) is 70.2 cm³/mol. The molecule has 1 atom stereocenters. The van der Waals surface area contributed by atoms with Crippen molar-refractivity contribution in [3.05, 3.63) is 11.3 Å². The first-order valence-corrected chi connectivity index (χ1v) is 7.73. The Morgan fingerprint density at radius 2 is 2.29 bits per heavy atom. The number of hydrogen-bond acceptors (Lipinski definition) is 6. The molecule has 7 heteroatoms. The average molecular weight is 276 g/mol. The largest absolute Gasteiger partial charge is 0.462 e. The van der Waals surface area contributed by atoms with E-state index in [1.165, 1.54) is 11.5 Å². The lowest BCUT2D eigenvalue weighted by Crippen LogP contribution is -2.13. The van der Waals surface area contributed by atoms with Gasteiger partial charge in [-0.15, -0.1) is 0 Å². The third-order valence-corrected chi connectivity index (χ3v) is 3.69. The summed E-state index contributed by atoms with van der Waals surface area (Å²) in [6.07, 6.45) is 1.64. The van der Waals surface area contributed by atoms with Crippen LogP contribution in [-0.4, -0.2) is 39.7 Å². The van der Waals surface area contributed by atoms with Gasteiger partial charge in [0.05, 0.1) is 12.3 Å². The van der Waals surface area contributed by atoms with E-state index in [1.54, 1.807) is 20.1 Å². The van der Waals surface area contributed by atoms with Gasteiger partial charge in [-0.3, -0.25) is 4.21 Å². The second-order valence-corrected chi connectivity index (χ2v) is 5.72. The van der Waals surface area contributed by atoms with Crippen molar-refractivity contribution >= 4 is 33.3 Å². The fraction of sp³-hybridized carbons (Fsp3) is 0.600. The average Bonchev–Trinajstić information content (AvgIpc) is 2.60. The number of carbonyl (C=O) groups excluding carboxylic acids is 1. The Labute approximate surface area is 107 Å². The highest BCUT2D eigenvalue weighted by Gasteiger charge is 2.19. The molecular formula is C10H16N2O3S2. The van der Waals surface area contributed by atoms with Gasteiger partial charge in [0.15, 0.2) is 0 Å². The molecule has 0 radical (unpaired) electrons. The SMILES string of the molecule is CCOC(=O)c1c(C)nsc1NCCS(C)=O. The van der Waals surface area contributed by atoms with Crippen molar-refractivity contribution in [2.75, 3.05) is 30.5 Å². The van der Waals surface area contributed by atoms with Crippen LogP contribution in [0.4, 0.5) is 5.00 Å². The van der Waals surface area contributed by atoms with Crippen LogP contribution in [0, 0.1) is 6.92 Å². The highest BCUT2D eigenvalue weighted by molar-refractivity contribution is 7.84. The van der Waals surface area contributed by atoms with Crippen LogP contribution < -0.4 is 5.32 Å². The fourth-order valence-electron chi connectivity index (χ4n) is 1.24. The molecule has 0 saturated heterocycles. The molecule has 0 fully saturated rings. The Morgan fingerprint density at radius 3 is 2.88 bits per heavy atom. The normalized spacial score (nSPS) is 12.2. The molecular weight excluding hydrogens is 260 g/mol. The first-order valence-electron chi connectivity index (χ1n) is 5.23. The number of hydrogen-bond donors (Lipinski definition) is 1. The zero-order valence-corrected chi connectivity index (χ0v) is 11.7. The Balaban J connectivity index is 2.72. The summed E-state index contributed by atoms with van der Waals surface area (Å²) < 4.78 is 20.0. The molecule has 0 aliphatic heterocycles. The number of esters is 1. The molecule has 1 heterocycles. The lowest BCUT2D eigenvalue weighted by Gasteiger charge is -2.05. The zero-order valence-electron chi connectivity index (χ0n) is 10.1. The van der Waals surface area contributed by atoms with E-state index in [2.05, 4.69) is 9.69 Å². The van der Waals surface area contributed by atoms with Gasteiger partial charge in [0.2, 0.25) is 0 Å². The molecule has 0 spiro atoms. The van der Waals surface area contributed by atoms with Gasteiger partial charge < -0.3 is 10.1 Å². The van der Waals surface area contributed by atoms with Crippen LogP contribution >= 0.6 is 11.5 Å². The molecule has 0 bridgehead atoms. The van der Waals surface area contributed by atoms with Crippen molar-refractivity contribution in [2.24, 2.45) is 0 Å². The van der Waals surface area contributed by atoms with E-state index in [0.29, 0.717) is 35.2 Å². The van der Waals surface area contributed by atoms with Crippen molar-refractivity contribution < 1.29 is 13.7 Å². The topological polar surface area (TPSA) is 68.3 Å². The van der Waals surface area contributed by atoms with Gasteiger partial charge in [-0.2, -0.15) is 4.37 Å². The molecule has 0 aromatic carbocycles. The van der Waals surface area contributed by atoms with Gasteiger partial charge in [0.1, 0.15) is 10.6 Å². The minimum absolute atomic E-state index is 0.340. The van der Waals surface area contributed by atoms with E-state index in [-0.39, 0.29) is 5.97 Å². The Bertz CT molecular complexity index is 418. The maximum atomic E-state index is 11.7. The quantitative estimate of drug-likeness (QED) is 0.796. The second-order valence-electron chi connectivity index (χ2n) is 3.40. The molecule has 17 heavy (non-hydrogen) atoms. The van der Waals surface area contributed by atoms with E-state index >= 15 is 0 Å². The van der Waals surface area contributed by atoms with E-state index in [1.807, 2.05) is 0 Å². The molecule has 1 rings (SSSR count). The number of anilines is 1. The highest BCUT2D eigenvalue weighted by atomic mass is 32.2. The van der Waals surface area contributed by atoms with Crippen molar-refractivity contribution in [3.8, 4) is 0 Å². The van der Waals surface area contributed by atoms with E-state index in [0.717, 1.165) is 0 Å². The lowest BCUT2D eigenvalue weighted by molar-refractivity contribution is 0.0527. The summed E-state index contributed by atoms with van der Waals surface area (Å²) >= 11 is 1.22. The Kier molecular flexibility index (Phi) is 5.57. The summed E-state index contributed by atoms with van der Waals surface area (Å²) in [4.78, 5) is 11.7. The van der Waals surface area contributed by atoms with Crippen LogP contribution in [-0.2, 0) is 15.5 Å². The van der Waals surface area contributed by atoms with Crippen LogP contribution in [0.3, 0.4) is 0 Å². The van der Waals surface area contributed by atoms with Crippen molar-refractivity contribution in [3.63, 3.8) is 0 Å². The lowest BCUT2D eigenvalue weighted by atomic mass is 10.2. The number of carbonyl (C=O) groups is 1. The molecule has 1 unspecified atom stereocenters. The van der Waals surface area contributed by atoms with Crippen LogP contribution in [0.2, 0.25) is 0 Å². The maximum absolute atomic E-state index is 11.7. The number of nitrogens with one attached hydrogen (secondary N) is 1. The number of nitrogens with zero attached hydrogens (tertiary/aromatic N) is 1. The minimum Gasteiger partial charge on any atom is -0.462 e. The number of ether oxygens (including phenoxy) is 1. The van der Waals surface area contributed by atoms with Gasteiger partial charge in [0.25, 0.3) is 0 Å². The molecule has 0 aliphatic rings. The standard InChI is InChI=1S/C10H16N2O3S2/c1-4-15-10(13)8-7(2)12-16-9(8)11-5-6-17(3)14/h11H,4-6H2,1-3H3. The van der Waals surface area contributed by atoms with E-state index in [4.69, 9.17) is 4.74 Å². The van der Waals surface area contributed by atoms with Gasteiger partial charge in [-0.25, -0.2) is 4.79 Å². The smallest absolute Gasteiger partial charge is 0.343 e. The third kappa shape index (κ3) is 4.08. The predicted octanol–water partition coefficient (Wildman–Crippen LogP) is 1.42. The van der Waals surface area contributed by atoms with Crippen molar-refractivity contribution in [1.82, 2.24) is 4.37 Å². The molecule has 1 aromatic heterocycles. The monoisotopic (exact) mass is 276 g/mol. The van der Waals surface area contributed by atoms with Gasteiger partial charge in [-0.05, 0) is 25.4 Å². The highest BCUT2D eigenvalue weighted by Crippen LogP contribution is 2.25. The molecule has 96 valence electrons. The van der Waals surface area contributed by atoms with Gasteiger partial charge >= 0.3 is 5.97 Å². The summed E-state index contributed by atoms with van der Waals surface area (Å²) in [5.41, 5.74) is 1.15. The number of aromatic nitrogens is 1. The Morgan fingerprint density at radius 1 is 1.59 bits per heavy atom. The van der Waals surface area contributed by atoms with Crippen LogP contribution in [0.25, 0.3) is 0 Å². The summed E-state index contributed by atoms with van der Waals surface area (Å²) in [6.45, 7) is 4.43. The molecule has 1 N–H and O–H groups in total. The van der Waals surface area contributed by atoms with Crippen LogP contribution in [0.5, 0.6) is 0 Å². The summed E-state index contributed by atoms with van der Waals surface area (Å²) in [5.74, 6) is 0.179. The molecule has 0 aliphatic carbocycles. The van der Waals surface area contributed by atoms with E-state index in [9.17, 15) is 9.00 Å². The second kappa shape index (κ2) is 6.70. The van der Waals surface area contributed by atoms with Crippen molar-refractivity contribution in [1.29, 1.82) is 0 Å². The molecule has 0 saturated carbocycles. The zero-order chi connectivity index (χ0) is 12.8.